The Balaban J connectivity index is 2.51. The van der Waals surface area contributed by atoms with Gasteiger partial charge in [0.25, 0.3) is 0 Å². The Morgan fingerprint density at radius 2 is 2.17 bits per heavy atom. The van der Waals surface area contributed by atoms with Gasteiger partial charge in [-0.3, -0.25) is 0 Å². The fraction of sp³-hybridized carbons (Fsp3) is 0.250. The number of nitriles is 1. The number of aliphatic hydroxyl groups excluding tert-OH is 1. The highest BCUT2D eigenvalue weighted by Gasteiger charge is 2.17. The fourth-order valence-corrected chi connectivity index (χ4v) is 1.69. The average Bonchev–Trinajstić information content (AvgIpc) is 2.79. The first-order chi connectivity index (χ1) is 8.77. The molecule has 1 N–H and O–H groups in total. The number of hydrogen-bond donors (Lipinski definition) is 1. The number of rotatable bonds is 4. The smallest absolute Gasteiger partial charge is 0.190 e. The van der Waals surface area contributed by atoms with Crippen LogP contribution in [0.2, 0.25) is 0 Å². The number of aliphatic hydroxyl groups is 1. The molecule has 0 radical (unpaired) electrons. The highest BCUT2D eigenvalue weighted by Crippen LogP contribution is 2.24. The Kier molecular flexibility index (Phi) is 3.65. The van der Waals surface area contributed by atoms with Crippen LogP contribution in [0.5, 0.6) is 0 Å². The van der Waals surface area contributed by atoms with Crippen LogP contribution in [0.4, 0.5) is 4.39 Å². The van der Waals surface area contributed by atoms with E-state index in [0.29, 0.717) is 18.7 Å². The maximum absolute atomic E-state index is 13.7. The lowest BCUT2D eigenvalue weighted by atomic mass is 10.1. The Bertz CT molecular complexity index is 588. The maximum Gasteiger partial charge on any atom is 0.190 e. The normalized spacial score (nSPS) is 10.3. The fourth-order valence-electron chi connectivity index (χ4n) is 1.69. The first-order valence-corrected chi connectivity index (χ1v) is 5.47. The van der Waals surface area contributed by atoms with E-state index in [4.69, 9.17) is 10.4 Å². The van der Waals surface area contributed by atoms with Crippen LogP contribution in [0.15, 0.2) is 24.3 Å². The van der Waals surface area contributed by atoms with Crippen molar-refractivity contribution in [3.8, 4) is 17.3 Å². The number of hydrogen-bond acceptors (Lipinski definition) is 4. The highest BCUT2D eigenvalue weighted by molar-refractivity contribution is 5.65. The summed E-state index contributed by atoms with van der Waals surface area (Å²) in [7, 11) is 0. The van der Waals surface area contributed by atoms with Gasteiger partial charge >= 0.3 is 0 Å². The third-order valence-electron chi connectivity index (χ3n) is 2.50. The number of halogens is 1. The van der Waals surface area contributed by atoms with Crippen molar-refractivity contribution in [3.05, 3.63) is 35.8 Å². The van der Waals surface area contributed by atoms with Crippen LogP contribution < -0.4 is 0 Å². The molecule has 18 heavy (non-hydrogen) atoms. The second kappa shape index (κ2) is 5.38. The molecule has 0 spiro atoms. The van der Waals surface area contributed by atoms with Crippen molar-refractivity contribution in [2.45, 2.75) is 13.0 Å². The number of nitrogens with zero attached hydrogens (tertiary/aromatic N) is 4. The molecule has 0 aliphatic heterocycles. The van der Waals surface area contributed by atoms with E-state index in [1.807, 2.05) is 6.07 Å². The van der Waals surface area contributed by atoms with Gasteiger partial charge in [-0.15, -0.1) is 5.10 Å². The molecule has 2 aromatic rings. The standard InChI is InChI=1S/C12H11FN4O/c13-10-5-2-1-4-9(10)12-11(8-14)15-16-17(12)6-3-7-18/h1-2,4-5,18H,3,6-7H2. The Labute approximate surface area is 103 Å². The van der Waals surface area contributed by atoms with Crippen molar-refractivity contribution in [3.63, 3.8) is 0 Å². The number of aromatic nitrogens is 3. The van der Waals surface area contributed by atoms with Crippen LogP contribution in [-0.2, 0) is 6.54 Å². The van der Waals surface area contributed by atoms with Crippen molar-refractivity contribution in [1.82, 2.24) is 15.0 Å². The Hall–Kier alpha value is -2.26. The zero-order valence-electron chi connectivity index (χ0n) is 9.54. The van der Waals surface area contributed by atoms with Crippen LogP contribution in [-0.4, -0.2) is 26.7 Å². The van der Waals surface area contributed by atoms with Crippen LogP contribution in [0.25, 0.3) is 11.3 Å². The van der Waals surface area contributed by atoms with Crippen molar-refractivity contribution >= 4 is 0 Å². The zero-order chi connectivity index (χ0) is 13.0. The van der Waals surface area contributed by atoms with Crippen LogP contribution in [0.1, 0.15) is 12.1 Å². The maximum atomic E-state index is 13.7. The van der Waals surface area contributed by atoms with Gasteiger partial charge in [0.05, 0.1) is 0 Å². The second-order valence-corrected chi connectivity index (χ2v) is 3.68. The van der Waals surface area contributed by atoms with Crippen molar-refractivity contribution in [2.24, 2.45) is 0 Å². The summed E-state index contributed by atoms with van der Waals surface area (Å²) in [5.74, 6) is -0.429. The van der Waals surface area contributed by atoms with E-state index >= 15 is 0 Å². The molecule has 0 fully saturated rings. The van der Waals surface area contributed by atoms with E-state index < -0.39 is 5.82 Å². The van der Waals surface area contributed by atoms with Gasteiger partial charge in [0, 0.05) is 18.7 Å². The molecule has 92 valence electrons. The minimum Gasteiger partial charge on any atom is -0.396 e. The van der Waals surface area contributed by atoms with Crippen molar-refractivity contribution in [2.75, 3.05) is 6.61 Å². The van der Waals surface area contributed by atoms with Crippen LogP contribution in [0, 0.1) is 17.1 Å². The molecule has 1 aromatic heterocycles. The molecular formula is C12H11FN4O. The molecule has 1 heterocycles. The van der Waals surface area contributed by atoms with Crippen molar-refractivity contribution < 1.29 is 9.50 Å². The monoisotopic (exact) mass is 246 g/mol. The van der Waals surface area contributed by atoms with E-state index in [-0.39, 0.29) is 17.9 Å². The van der Waals surface area contributed by atoms with E-state index in [0.717, 1.165) is 0 Å². The largest absolute Gasteiger partial charge is 0.396 e. The summed E-state index contributed by atoms with van der Waals surface area (Å²) in [4.78, 5) is 0. The summed E-state index contributed by atoms with van der Waals surface area (Å²) in [5.41, 5.74) is 0.721. The molecule has 0 bridgehead atoms. The van der Waals surface area contributed by atoms with E-state index in [2.05, 4.69) is 10.3 Å². The Morgan fingerprint density at radius 1 is 1.39 bits per heavy atom. The summed E-state index contributed by atoms with van der Waals surface area (Å²) < 4.78 is 15.2. The summed E-state index contributed by atoms with van der Waals surface area (Å²) in [6, 6.07) is 8.05. The zero-order valence-corrected chi connectivity index (χ0v) is 9.54. The molecule has 1 aromatic carbocycles. The molecule has 5 nitrogen and oxygen atoms in total. The molecule has 0 amide bonds. The number of benzene rings is 1. The quantitative estimate of drug-likeness (QED) is 0.883. The molecule has 0 saturated heterocycles. The summed E-state index contributed by atoms with van der Waals surface area (Å²) in [6.45, 7) is 0.382. The molecule has 6 heteroatoms. The third-order valence-corrected chi connectivity index (χ3v) is 2.50. The highest BCUT2D eigenvalue weighted by atomic mass is 19.1. The molecular weight excluding hydrogens is 235 g/mol. The predicted octanol–water partition coefficient (Wildman–Crippen LogP) is 1.34. The molecule has 2 rings (SSSR count). The number of aryl methyl sites for hydroxylation is 1. The van der Waals surface area contributed by atoms with Gasteiger partial charge in [-0.2, -0.15) is 5.26 Å². The van der Waals surface area contributed by atoms with Gasteiger partial charge in [-0.1, -0.05) is 17.3 Å². The second-order valence-electron chi connectivity index (χ2n) is 3.68. The van der Waals surface area contributed by atoms with Gasteiger partial charge in [0.2, 0.25) is 0 Å². The Morgan fingerprint density at radius 3 is 2.83 bits per heavy atom. The predicted molar refractivity (Wildman–Crippen MR) is 61.8 cm³/mol. The average molecular weight is 246 g/mol. The van der Waals surface area contributed by atoms with Crippen LogP contribution in [0.3, 0.4) is 0 Å². The van der Waals surface area contributed by atoms with Gasteiger partial charge in [0.1, 0.15) is 17.6 Å². The van der Waals surface area contributed by atoms with Crippen LogP contribution >= 0.6 is 0 Å². The lowest BCUT2D eigenvalue weighted by Gasteiger charge is -2.06. The molecule has 0 saturated carbocycles. The summed E-state index contributed by atoms with van der Waals surface area (Å²) >= 11 is 0. The van der Waals surface area contributed by atoms with E-state index in [9.17, 15) is 4.39 Å². The van der Waals surface area contributed by atoms with E-state index in [1.165, 1.54) is 10.7 Å². The van der Waals surface area contributed by atoms with Crippen molar-refractivity contribution in [1.29, 1.82) is 5.26 Å². The molecule has 0 aliphatic rings. The minimum atomic E-state index is -0.429. The molecule has 0 unspecified atom stereocenters. The third kappa shape index (κ3) is 2.21. The minimum absolute atomic E-state index is 0.00153. The molecule has 0 atom stereocenters. The first kappa shape index (κ1) is 12.2. The van der Waals surface area contributed by atoms with Gasteiger partial charge < -0.3 is 5.11 Å². The first-order valence-electron chi connectivity index (χ1n) is 5.47. The molecule has 0 aliphatic carbocycles. The van der Waals surface area contributed by atoms with Gasteiger partial charge in [0.15, 0.2) is 5.69 Å². The lowest BCUT2D eigenvalue weighted by molar-refractivity contribution is 0.276. The topological polar surface area (TPSA) is 74.7 Å². The van der Waals surface area contributed by atoms with Gasteiger partial charge in [-0.25, -0.2) is 9.07 Å². The summed E-state index contributed by atoms with van der Waals surface area (Å²) in [6.07, 6.45) is 0.468. The van der Waals surface area contributed by atoms with E-state index in [1.54, 1.807) is 18.2 Å². The van der Waals surface area contributed by atoms with Gasteiger partial charge in [-0.05, 0) is 18.6 Å². The SMILES string of the molecule is N#Cc1nnn(CCCO)c1-c1ccccc1F. The lowest BCUT2D eigenvalue weighted by Crippen LogP contribution is -2.05. The summed E-state index contributed by atoms with van der Waals surface area (Å²) in [5, 5.41) is 25.3.